The van der Waals surface area contributed by atoms with Gasteiger partial charge >= 0.3 is 0 Å². The van der Waals surface area contributed by atoms with Gasteiger partial charge in [-0.15, -0.1) is 0 Å². The minimum absolute atomic E-state index is 0.413. The molecular weight excluding hydrogens is 250 g/mol. The van der Waals surface area contributed by atoms with E-state index in [4.69, 9.17) is 10.7 Å². The summed E-state index contributed by atoms with van der Waals surface area (Å²) in [5.74, 6) is 0.0696. The highest BCUT2D eigenvalue weighted by atomic mass is 16.1. The number of pyridine rings is 1. The molecule has 104 valence electrons. The summed E-state index contributed by atoms with van der Waals surface area (Å²) in [6.07, 6.45) is 2.24. The first kappa shape index (κ1) is 13.1. The van der Waals surface area contributed by atoms with Crippen LogP contribution in [-0.2, 0) is 0 Å². The van der Waals surface area contributed by atoms with E-state index in [0.717, 1.165) is 42.5 Å². The fourth-order valence-electron chi connectivity index (χ4n) is 2.89. The van der Waals surface area contributed by atoms with Crippen LogP contribution in [0, 0.1) is 0 Å². The van der Waals surface area contributed by atoms with Crippen LogP contribution in [0.15, 0.2) is 30.3 Å². The second kappa shape index (κ2) is 5.21. The highest BCUT2D eigenvalue weighted by Gasteiger charge is 2.20. The number of piperidine rings is 1. The summed E-state index contributed by atoms with van der Waals surface area (Å²) in [7, 11) is 2.15. The molecule has 4 heteroatoms. The standard InChI is InChI=1S/C16H19N3O/c1-19-9-7-11(8-10-19)14-6-5-12-3-2-4-13(16(17)20)15(12)18-14/h2-6,11H,7-10H2,1H3,(H2,17,20). The van der Waals surface area contributed by atoms with Crippen molar-refractivity contribution in [1.29, 1.82) is 0 Å². The predicted molar refractivity (Wildman–Crippen MR) is 79.7 cm³/mol. The lowest BCUT2D eigenvalue weighted by molar-refractivity contribution is 0.100. The Morgan fingerprint density at radius 3 is 2.70 bits per heavy atom. The molecule has 0 spiro atoms. The Hall–Kier alpha value is -1.94. The number of benzene rings is 1. The van der Waals surface area contributed by atoms with E-state index in [1.807, 2.05) is 18.2 Å². The topological polar surface area (TPSA) is 59.2 Å². The van der Waals surface area contributed by atoms with Crippen LogP contribution >= 0.6 is 0 Å². The molecule has 0 saturated carbocycles. The molecule has 2 N–H and O–H groups in total. The van der Waals surface area contributed by atoms with Gasteiger partial charge < -0.3 is 10.6 Å². The molecule has 1 aliphatic heterocycles. The quantitative estimate of drug-likeness (QED) is 0.908. The molecule has 1 amide bonds. The first-order chi connectivity index (χ1) is 9.65. The SMILES string of the molecule is CN1CCC(c2ccc3cccc(C(N)=O)c3n2)CC1. The summed E-state index contributed by atoms with van der Waals surface area (Å²) in [5, 5.41) is 0.970. The van der Waals surface area contributed by atoms with Gasteiger partial charge in [0.25, 0.3) is 5.91 Å². The van der Waals surface area contributed by atoms with E-state index in [1.54, 1.807) is 6.07 Å². The number of fused-ring (bicyclic) bond motifs is 1. The van der Waals surface area contributed by atoms with Gasteiger partial charge in [-0.25, -0.2) is 0 Å². The molecule has 2 heterocycles. The number of hydrogen-bond donors (Lipinski definition) is 1. The van der Waals surface area contributed by atoms with Crippen LogP contribution in [0.25, 0.3) is 10.9 Å². The highest BCUT2D eigenvalue weighted by molar-refractivity contribution is 6.04. The first-order valence-corrected chi connectivity index (χ1v) is 7.03. The number of hydrogen-bond acceptors (Lipinski definition) is 3. The van der Waals surface area contributed by atoms with Gasteiger partial charge in [0.15, 0.2) is 0 Å². The molecule has 0 aliphatic carbocycles. The summed E-state index contributed by atoms with van der Waals surface area (Å²) in [6, 6.07) is 9.69. The largest absolute Gasteiger partial charge is 0.366 e. The molecule has 1 aliphatic rings. The van der Waals surface area contributed by atoms with Gasteiger partial charge in [-0.3, -0.25) is 9.78 Å². The summed E-state index contributed by atoms with van der Waals surface area (Å²) in [6.45, 7) is 2.20. The Morgan fingerprint density at radius 1 is 1.25 bits per heavy atom. The number of carbonyl (C=O) groups excluding carboxylic acids is 1. The summed E-state index contributed by atoms with van der Waals surface area (Å²) < 4.78 is 0. The van der Waals surface area contributed by atoms with Gasteiger partial charge in [0, 0.05) is 17.0 Å². The smallest absolute Gasteiger partial charge is 0.250 e. The monoisotopic (exact) mass is 269 g/mol. The van der Waals surface area contributed by atoms with E-state index in [9.17, 15) is 4.79 Å². The van der Waals surface area contributed by atoms with Crippen LogP contribution in [-0.4, -0.2) is 35.9 Å². The van der Waals surface area contributed by atoms with Crippen molar-refractivity contribution in [2.24, 2.45) is 5.73 Å². The number of amides is 1. The molecule has 0 bridgehead atoms. The van der Waals surface area contributed by atoms with Gasteiger partial charge in [-0.2, -0.15) is 0 Å². The molecule has 0 unspecified atom stereocenters. The number of nitrogens with two attached hydrogens (primary N) is 1. The second-order valence-corrected chi connectivity index (χ2v) is 5.56. The van der Waals surface area contributed by atoms with Crippen molar-refractivity contribution in [2.75, 3.05) is 20.1 Å². The van der Waals surface area contributed by atoms with E-state index >= 15 is 0 Å². The van der Waals surface area contributed by atoms with Gasteiger partial charge in [-0.1, -0.05) is 18.2 Å². The number of likely N-dealkylation sites (tertiary alicyclic amines) is 1. The number of rotatable bonds is 2. The maximum Gasteiger partial charge on any atom is 0.250 e. The third kappa shape index (κ3) is 2.39. The van der Waals surface area contributed by atoms with E-state index in [-0.39, 0.29) is 0 Å². The molecule has 3 rings (SSSR count). The fraction of sp³-hybridized carbons (Fsp3) is 0.375. The highest BCUT2D eigenvalue weighted by Crippen LogP contribution is 2.28. The number of carbonyl (C=O) groups is 1. The Labute approximate surface area is 118 Å². The third-order valence-corrected chi connectivity index (χ3v) is 4.14. The fourth-order valence-corrected chi connectivity index (χ4v) is 2.89. The minimum Gasteiger partial charge on any atom is -0.366 e. The number of primary amides is 1. The van der Waals surface area contributed by atoms with Crippen LogP contribution in [0.2, 0.25) is 0 Å². The zero-order valence-electron chi connectivity index (χ0n) is 11.7. The average molecular weight is 269 g/mol. The van der Waals surface area contributed by atoms with Gasteiger partial charge in [-0.05, 0) is 45.1 Å². The van der Waals surface area contributed by atoms with Crippen LogP contribution in [0.4, 0.5) is 0 Å². The predicted octanol–water partition coefficient (Wildman–Crippen LogP) is 2.14. The van der Waals surface area contributed by atoms with Crippen molar-refractivity contribution in [3.63, 3.8) is 0 Å². The molecule has 1 aromatic heterocycles. The van der Waals surface area contributed by atoms with Crippen molar-refractivity contribution in [2.45, 2.75) is 18.8 Å². The van der Waals surface area contributed by atoms with Gasteiger partial charge in [0.1, 0.15) is 0 Å². The third-order valence-electron chi connectivity index (χ3n) is 4.14. The van der Waals surface area contributed by atoms with E-state index in [0.29, 0.717) is 11.5 Å². The van der Waals surface area contributed by atoms with Crippen molar-refractivity contribution < 1.29 is 4.79 Å². The average Bonchev–Trinajstić information content (AvgIpc) is 2.46. The van der Waals surface area contributed by atoms with Gasteiger partial charge in [0.2, 0.25) is 0 Å². The van der Waals surface area contributed by atoms with Crippen LogP contribution < -0.4 is 5.73 Å². The minimum atomic E-state index is -0.413. The number of nitrogens with zero attached hydrogens (tertiary/aromatic N) is 2. The van der Waals surface area contributed by atoms with E-state index < -0.39 is 5.91 Å². The van der Waals surface area contributed by atoms with Crippen molar-refractivity contribution in [3.8, 4) is 0 Å². The lowest BCUT2D eigenvalue weighted by atomic mass is 9.92. The van der Waals surface area contributed by atoms with Crippen molar-refractivity contribution in [1.82, 2.24) is 9.88 Å². The molecule has 20 heavy (non-hydrogen) atoms. The Kier molecular flexibility index (Phi) is 3.40. The maximum absolute atomic E-state index is 11.5. The zero-order valence-corrected chi connectivity index (χ0v) is 11.7. The molecule has 0 atom stereocenters. The molecule has 1 aromatic carbocycles. The van der Waals surface area contributed by atoms with E-state index in [2.05, 4.69) is 18.0 Å². The molecule has 4 nitrogen and oxygen atoms in total. The van der Waals surface area contributed by atoms with Crippen molar-refractivity contribution >= 4 is 16.8 Å². The van der Waals surface area contributed by atoms with Crippen LogP contribution in [0.3, 0.4) is 0 Å². The Balaban J connectivity index is 2.01. The second-order valence-electron chi connectivity index (χ2n) is 5.56. The summed E-state index contributed by atoms with van der Waals surface area (Å²) in [4.78, 5) is 18.6. The first-order valence-electron chi connectivity index (χ1n) is 7.03. The number of aromatic nitrogens is 1. The summed E-state index contributed by atoms with van der Waals surface area (Å²) in [5.41, 5.74) is 7.77. The summed E-state index contributed by atoms with van der Waals surface area (Å²) >= 11 is 0. The Bertz CT molecular complexity index is 645. The molecule has 0 radical (unpaired) electrons. The van der Waals surface area contributed by atoms with E-state index in [1.165, 1.54) is 0 Å². The number of para-hydroxylation sites is 1. The Morgan fingerprint density at radius 2 is 2.00 bits per heavy atom. The molecule has 1 saturated heterocycles. The normalized spacial score (nSPS) is 17.4. The maximum atomic E-state index is 11.5. The lowest BCUT2D eigenvalue weighted by Gasteiger charge is -2.28. The molecule has 2 aromatic rings. The van der Waals surface area contributed by atoms with Crippen LogP contribution in [0.5, 0.6) is 0 Å². The zero-order chi connectivity index (χ0) is 14.1. The lowest BCUT2D eigenvalue weighted by Crippen LogP contribution is -2.29. The van der Waals surface area contributed by atoms with Crippen molar-refractivity contribution in [3.05, 3.63) is 41.6 Å². The van der Waals surface area contributed by atoms with Crippen LogP contribution in [0.1, 0.15) is 34.8 Å². The van der Waals surface area contributed by atoms with Gasteiger partial charge in [0.05, 0.1) is 11.1 Å². The molecular formula is C16H19N3O. The molecule has 1 fully saturated rings.